The number of aliphatic hydroxyl groups is 1. The Morgan fingerprint density at radius 1 is 1.45 bits per heavy atom. The number of benzene rings is 1. The minimum atomic E-state index is -1.34. The van der Waals surface area contributed by atoms with Crippen LogP contribution < -0.4 is 5.43 Å². The van der Waals surface area contributed by atoms with Gasteiger partial charge in [-0.2, -0.15) is 0 Å². The third-order valence-corrected chi connectivity index (χ3v) is 3.75. The summed E-state index contributed by atoms with van der Waals surface area (Å²) in [4.78, 5) is 23.3. The van der Waals surface area contributed by atoms with Gasteiger partial charge in [-0.05, 0) is 25.5 Å². The summed E-state index contributed by atoms with van der Waals surface area (Å²) in [5, 5.41) is 19.1. The Kier molecular flexibility index (Phi) is 2.65. The van der Waals surface area contributed by atoms with Gasteiger partial charge >= 0.3 is 5.97 Å². The van der Waals surface area contributed by atoms with Crippen LogP contribution in [0.3, 0.4) is 0 Å². The lowest BCUT2D eigenvalue weighted by Crippen LogP contribution is -2.25. The van der Waals surface area contributed by atoms with Crippen LogP contribution in [0.25, 0.3) is 10.9 Å². The Bertz CT molecular complexity index is 796. The van der Waals surface area contributed by atoms with Crippen molar-refractivity contribution in [2.45, 2.75) is 25.5 Å². The fourth-order valence-electron chi connectivity index (χ4n) is 2.81. The first kappa shape index (κ1) is 12.8. The SMILES string of the molecule is C[C@@H]1C[C@H](O)c2cc(F)cc3c(=O)c(C(=O)O)cn1c23. The number of pyridine rings is 1. The van der Waals surface area contributed by atoms with E-state index < -0.39 is 28.9 Å². The number of nitrogens with zero attached hydrogens (tertiary/aromatic N) is 1. The highest BCUT2D eigenvalue weighted by Crippen LogP contribution is 2.36. The van der Waals surface area contributed by atoms with Gasteiger partial charge in [0.15, 0.2) is 0 Å². The van der Waals surface area contributed by atoms with E-state index in [1.807, 2.05) is 6.92 Å². The van der Waals surface area contributed by atoms with Gasteiger partial charge in [0, 0.05) is 23.2 Å². The number of aromatic carboxylic acids is 1. The van der Waals surface area contributed by atoms with Gasteiger partial charge in [0.1, 0.15) is 11.4 Å². The third-order valence-electron chi connectivity index (χ3n) is 3.75. The minimum absolute atomic E-state index is 0.00880. The maximum absolute atomic E-state index is 13.6. The highest BCUT2D eigenvalue weighted by atomic mass is 19.1. The van der Waals surface area contributed by atoms with Crippen molar-refractivity contribution in [3.63, 3.8) is 0 Å². The Hall–Kier alpha value is -2.21. The quantitative estimate of drug-likeness (QED) is 0.833. The van der Waals surface area contributed by atoms with E-state index in [9.17, 15) is 19.1 Å². The Balaban J connectivity index is 2.54. The van der Waals surface area contributed by atoms with E-state index in [0.29, 0.717) is 17.5 Å². The summed E-state index contributed by atoms with van der Waals surface area (Å²) < 4.78 is 15.2. The second kappa shape index (κ2) is 4.14. The minimum Gasteiger partial charge on any atom is -0.477 e. The molecule has 5 nitrogen and oxygen atoms in total. The van der Waals surface area contributed by atoms with Crippen LogP contribution in [0, 0.1) is 5.82 Å². The zero-order chi connectivity index (χ0) is 14.6. The van der Waals surface area contributed by atoms with Crippen LogP contribution in [0.15, 0.2) is 23.1 Å². The molecular weight excluding hydrogens is 265 g/mol. The normalized spacial score (nSPS) is 21.1. The molecule has 0 spiro atoms. The van der Waals surface area contributed by atoms with Crippen molar-refractivity contribution >= 4 is 16.9 Å². The number of halogens is 1. The third kappa shape index (κ3) is 1.65. The van der Waals surface area contributed by atoms with Gasteiger partial charge in [-0.3, -0.25) is 4.79 Å². The van der Waals surface area contributed by atoms with E-state index in [0.717, 1.165) is 6.07 Å². The first-order chi connectivity index (χ1) is 9.40. The van der Waals surface area contributed by atoms with Gasteiger partial charge in [0.2, 0.25) is 5.43 Å². The zero-order valence-electron chi connectivity index (χ0n) is 10.6. The summed E-state index contributed by atoms with van der Waals surface area (Å²) in [5.74, 6) is -2.00. The number of aromatic nitrogens is 1. The van der Waals surface area contributed by atoms with Crippen LogP contribution >= 0.6 is 0 Å². The smallest absolute Gasteiger partial charge is 0.341 e. The number of hydrogen-bond acceptors (Lipinski definition) is 3. The van der Waals surface area contributed by atoms with E-state index in [2.05, 4.69) is 0 Å². The fourth-order valence-corrected chi connectivity index (χ4v) is 2.81. The highest BCUT2D eigenvalue weighted by Gasteiger charge is 2.28. The highest BCUT2D eigenvalue weighted by molar-refractivity contribution is 5.93. The molecule has 2 heterocycles. The first-order valence-electron chi connectivity index (χ1n) is 6.19. The van der Waals surface area contributed by atoms with Crippen LogP contribution in [-0.2, 0) is 0 Å². The van der Waals surface area contributed by atoms with Crippen molar-refractivity contribution in [1.29, 1.82) is 0 Å². The molecule has 1 aliphatic rings. The average molecular weight is 277 g/mol. The van der Waals surface area contributed by atoms with Crippen molar-refractivity contribution in [2.75, 3.05) is 0 Å². The molecule has 1 aliphatic heterocycles. The lowest BCUT2D eigenvalue weighted by atomic mass is 9.93. The van der Waals surface area contributed by atoms with Crippen molar-refractivity contribution in [2.24, 2.45) is 0 Å². The predicted molar refractivity (Wildman–Crippen MR) is 69.4 cm³/mol. The molecule has 0 unspecified atom stereocenters. The maximum atomic E-state index is 13.6. The van der Waals surface area contributed by atoms with Crippen LogP contribution in [0.4, 0.5) is 4.39 Å². The Morgan fingerprint density at radius 2 is 2.15 bits per heavy atom. The maximum Gasteiger partial charge on any atom is 0.341 e. The lowest BCUT2D eigenvalue weighted by molar-refractivity contribution is 0.0694. The summed E-state index contributed by atoms with van der Waals surface area (Å²) in [5.41, 5.74) is -0.386. The number of aliphatic hydroxyl groups excluding tert-OH is 1. The summed E-state index contributed by atoms with van der Waals surface area (Å²) in [6.07, 6.45) is 0.747. The second-order valence-corrected chi connectivity index (χ2v) is 5.08. The molecule has 104 valence electrons. The lowest BCUT2D eigenvalue weighted by Gasteiger charge is -2.29. The summed E-state index contributed by atoms with van der Waals surface area (Å²) >= 11 is 0. The Labute approximate surface area is 112 Å². The molecule has 20 heavy (non-hydrogen) atoms. The predicted octanol–water partition coefficient (Wildman–Crippen LogP) is 1.84. The average Bonchev–Trinajstić information content (AvgIpc) is 2.37. The second-order valence-electron chi connectivity index (χ2n) is 5.08. The van der Waals surface area contributed by atoms with E-state index in [1.165, 1.54) is 12.3 Å². The van der Waals surface area contributed by atoms with Crippen molar-refractivity contribution in [3.8, 4) is 0 Å². The molecule has 2 aromatic rings. The molecule has 6 heteroatoms. The van der Waals surface area contributed by atoms with Gasteiger partial charge in [-0.1, -0.05) is 0 Å². The number of carboxylic acid groups (broad SMARTS) is 1. The fraction of sp³-hybridized carbons (Fsp3) is 0.286. The molecule has 3 rings (SSSR count). The van der Waals surface area contributed by atoms with Crippen LogP contribution in [0.5, 0.6) is 0 Å². The molecule has 0 amide bonds. The summed E-state index contributed by atoms with van der Waals surface area (Å²) in [6.45, 7) is 1.81. The molecule has 0 radical (unpaired) electrons. The van der Waals surface area contributed by atoms with E-state index in [-0.39, 0.29) is 11.4 Å². The van der Waals surface area contributed by atoms with E-state index in [1.54, 1.807) is 4.57 Å². The molecule has 1 aromatic carbocycles. The molecule has 0 saturated carbocycles. The monoisotopic (exact) mass is 277 g/mol. The zero-order valence-corrected chi connectivity index (χ0v) is 10.6. The first-order valence-corrected chi connectivity index (χ1v) is 6.19. The summed E-state index contributed by atoms with van der Waals surface area (Å²) in [7, 11) is 0. The molecular formula is C14H12FNO4. The van der Waals surface area contributed by atoms with E-state index in [4.69, 9.17) is 5.11 Å². The van der Waals surface area contributed by atoms with Crippen molar-refractivity contribution in [3.05, 3.63) is 45.5 Å². The van der Waals surface area contributed by atoms with E-state index >= 15 is 0 Å². The van der Waals surface area contributed by atoms with Crippen LogP contribution in [0.2, 0.25) is 0 Å². The van der Waals surface area contributed by atoms with Gasteiger partial charge in [-0.15, -0.1) is 0 Å². The number of carbonyl (C=O) groups is 1. The topological polar surface area (TPSA) is 79.5 Å². The van der Waals surface area contributed by atoms with Gasteiger partial charge in [0.25, 0.3) is 0 Å². The molecule has 2 N–H and O–H groups in total. The largest absolute Gasteiger partial charge is 0.477 e. The van der Waals surface area contributed by atoms with Crippen LogP contribution in [0.1, 0.15) is 41.4 Å². The molecule has 0 bridgehead atoms. The van der Waals surface area contributed by atoms with Gasteiger partial charge in [0.05, 0.1) is 11.6 Å². The molecule has 0 fully saturated rings. The molecule has 1 aromatic heterocycles. The van der Waals surface area contributed by atoms with Crippen LogP contribution in [-0.4, -0.2) is 20.7 Å². The number of hydrogen-bond donors (Lipinski definition) is 2. The molecule has 2 atom stereocenters. The Morgan fingerprint density at radius 3 is 2.80 bits per heavy atom. The molecule has 0 aliphatic carbocycles. The summed E-state index contributed by atoms with van der Waals surface area (Å²) in [6, 6.07) is 2.04. The number of carboxylic acids is 1. The standard InChI is InChI=1S/C14H12FNO4/c1-6-2-11(17)8-3-7(15)4-9-12(8)16(6)5-10(13(9)18)14(19)20/h3-6,11,17H,2H2,1H3,(H,19,20)/t6-,11+/m1/s1. The number of rotatable bonds is 1. The molecule has 0 saturated heterocycles. The van der Waals surface area contributed by atoms with Crippen molar-refractivity contribution < 1.29 is 19.4 Å². The van der Waals surface area contributed by atoms with Crippen molar-refractivity contribution in [1.82, 2.24) is 4.57 Å². The van der Waals surface area contributed by atoms with Gasteiger partial charge in [-0.25, -0.2) is 9.18 Å². The van der Waals surface area contributed by atoms with Gasteiger partial charge < -0.3 is 14.8 Å².